The number of nitrogens with one attached hydrogen (secondary N) is 2. The van der Waals surface area contributed by atoms with Gasteiger partial charge in [-0.25, -0.2) is 18.4 Å². The van der Waals surface area contributed by atoms with Crippen LogP contribution >= 0.6 is 12.2 Å². The fraction of sp³-hybridized carbons (Fsp3) is 0.448. The molecule has 0 unspecified atom stereocenters. The molecule has 11 nitrogen and oxygen atoms in total. The molecule has 2 aromatic rings. The molecule has 0 radical (unpaired) electrons. The van der Waals surface area contributed by atoms with Crippen LogP contribution in [0.25, 0.3) is 0 Å². The van der Waals surface area contributed by atoms with Crippen molar-refractivity contribution in [3.05, 3.63) is 68.8 Å². The van der Waals surface area contributed by atoms with Gasteiger partial charge in [0.2, 0.25) is 5.91 Å². The summed E-state index contributed by atoms with van der Waals surface area (Å²) < 4.78 is 38.2. The lowest BCUT2D eigenvalue weighted by Crippen LogP contribution is -2.48. The molecule has 1 aliphatic rings. The molecule has 2 atom stereocenters. The SMILES string of the molecule is CCC[C@@H](NC(=O)N1CC(=S)NC[C@H](Cc2cc(F)c(F)cc2OC)C1=O)c1ccc(C(=O)OC(C)(C)C)c([N+](=O)[O-])c1. The summed E-state index contributed by atoms with van der Waals surface area (Å²) in [4.78, 5) is 52.0. The maximum Gasteiger partial charge on any atom is 0.345 e. The minimum absolute atomic E-state index is 0.0420. The number of nitro benzene ring substituents is 1. The fourth-order valence-electron chi connectivity index (χ4n) is 4.60. The second-order valence-corrected chi connectivity index (χ2v) is 11.5. The first kappa shape index (κ1) is 33.3. The molecule has 2 N–H and O–H groups in total. The molecule has 14 heteroatoms. The number of halogens is 2. The van der Waals surface area contributed by atoms with Crippen LogP contribution in [0.1, 0.15) is 68.1 Å². The van der Waals surface area contributed by atoms with E-state index >= 15 is 0 Å². The number of thiocarbonyl (C=S) groups is 1. The van der Waals surface area contributed by atoms with E-state index in [0.29, 0.717) is 18.4 Å². The Balaban J connectivity index is 1.88. The van der Waals surface area contributed by atoms with Crippen LogP contribution in [0, 0.1) is 27.7 Å². The molecule has 43 heavy (non-hydrogen) atoms. The van der Waals surface area contributed by atoms with Gasteiger partial charge in [0.1, 0.15) is 16.9 Å². The Hall–Kier alpha value is -4.20. The van der Waals surface area contributed by atoms with Gasteiger partial charge >= 0.3 is 12.0 Å². The zero-order valence-electron chi connectivity index (χ0n) is 24.5. The average Bonchev–Trinajstić information content (AvgIpc) is 3.07. The van der Waals surface area contributed by atoms with Gasteiger partial charge in [0.05, 0.1) is 35.5 Å². The van der Waals surface area contributed by atoms with Gasteiger partial charge in [-0.15, -0.1) is 0 Å². The molecule has 0 bridgehead atoms. The van der Waals surface area contributed by atoms with Crippen molar-refractivity contribution in [1.29, 1.82) is 0 Å². The van der Waals surface area contributed by atoms with Crippen molar-refractivity contribution in [2.45, 2.75) is 58.6 Å². The highest BCUT2D eigenvalue weighted by Crippen LogP contribution is 2.29. The zero-order chi connectivity index (χ0) is 32.1. The van der Waals surface area contributed by atoms with Gasteiger partial charge < -0.3 is 20.1 Å². The van der Waals surface area contributed by atoms with Crippen LogP contribution in [0.4, 0.5) is 19.3 Å². The van der Waals surface area contributed by atoms with Crippen molar-refractivity contribution in [3.63, 3.8) is 0 Å². The first-order chi connectivity index (χ1) is 20.1. The van der Waals surface area contributed by atoms with Crippen LogP contribution in [0.15, 0.2) is 30.3 Å². The number of benzene rings is 2. The number of methoxy groups -OCH3 is 1. The van der Waals surface area contributed by atoms with Crippen LogP contribution in [-0.4, -0.2) is 58.5 Å². The summed E-state index contributed by atoms with van der Waals surface area (Å²) in [5.74, 6) is -4.52. The van der Waals surface area contributed by atoms with Crippen molar-refractivity contribution in [2.75, 3.05) is 20.2 Å². The molecule has 1 fully saturated rings. The third kappa shape index (κ3) is 8.43. The first-order valence-corrected chi connectivity index (χ1v) is 14.0. The van der Waals surface area contributed by atoms with Crippen molar-refractivity contribution in [2.24, 2.45) is 5.92 Å². The Morgan fingerprint density at radius 1 is 1.23 bits per heavy atom. The van der Waals surface area contributed by atoms with Crippen LogP contribution < -0.4 is 15.4 Å². The highest BCUT2D eigenvalue weighted by Gasteiger charge is 2.35. The number of rotatable bonds is 9. The van der Waals surface area contributed by atoms with E-state index in [-0.39, 0.29) is 41.4 Å². The number of carbonyl (C=O) groups excluding carboxylic acids is 3. The molecule has 2 aromatic carbocycles. The highest BCUT2D eigenvalue weighted by molar-refractivity contribution is 7.80. The van der Waals surface area contributed by atoms with Crippen LogP contribution in [0.5, 0.6) is 5.75 Å². The zero-order valence-corrected chi connectivity index (χ0v) is 25.3. The number of urea groups is 1. The van der Waals surface area contributed by atoms with Crippen molar-refractivity contribution in [3.8, 4) is 5.75 Å². The molecule has 3 amide bonds. The van der Waals surface area contributed by atoms with Gasteiger partial charge in [-0.05, 0) is 56.9 Å². The molecule has 0 saturated carbocycles. The minimum atomic E-state index is -1.11. The molecular formula is C29H34F2N4O7S. The van der Waals surface area contributed by atoms with Crippen molar-refractivity contribution in [1.82, 2.24) is 15.5 Å². The van der Waals surface area contributed by atoms with E-state index in [0.717, 1.165) is 17.0 Å². The topological polar surface area (TPSA) is 140 Å². The van der Waals surface area contributed by atoms with Crippen LogP contribution in [0.3, 0.4) is 0 Å². The van der Waals surface area contributed by atoms with E-state index in [1.165, 1.54) is 25.3 Å². The number of carbonyl (C=O) groups is 3. The molecule has 0 spiro atoms. The quantitative estimate of drug-likeness (QED) is 0.171. The second-order valence-electron chi connectivity index (χ2n) is 11.0. The predicted molar refractivity (Wildman–Crippen MR) is 157 cm³/mol. The lowest BCUT2D eigenvalue weighted by atomic mass is 9.97. The number of ether oxygens (including phenoxy) is 2. The Bertz CT molecular complexity index is 1430. The van der Waals surface area contributed by atoms with Gasteiger partial charge in [-0.3, -0.25) is 19.8 Å². The summed E-state index contributed by atoms with van der Waals surface area (Å²) in [6.45, 7) is 6.58. The van der Waals surface area contributed by atoms with Crippen LogP contribution in [-0.2, 0) is 16.0 Å². The summed E-state index contributed by atoms with van der Waals surface area (Å²) in [6, 6.07) is 4.24. The number of esters is 1. The smallest absolute Gasteiger partial charge is 0.345 e. The molecule has 1 saturated heterocycles. The predicted octanol–water partition coefficient (Wildman–Crippen LogP) is 5.01. The number of imide groups is 1. The standard InChI is InChI=1S/C29H34F2N4O7S/c1-6-7-22(16-8-9-19(23(12-16)35(39)40)27(37)42-29(2,3)4)33-28(38)34-15-25(43)32-14-18(26(34)36)10-17-11-20(30)21(31)13-24(17)41-5/h8-9,11-13,18,22H,6-7,10,14-15H2,1-5H3,(H,32,43)(H,33,38)/t18-,22+/m0/s1. The van der Waals surface area contributed by atoms with Crippen molar-refractivity contribution >= 4 is 40.8 Å². The van der Waals surface area contributed by atoms with Gasteiger partial charge in [-0.1, -0.05) is 31.6 Å². The normalized spacial score (nSPS) is 16.2. The van der Waals surface area contributed by atoms with Crippen LogP contribution in [0.2, 0.25) is 0 Å². The Labute approximate surface area is 253 Å². The minimum Gasteiger partial charge on any atom is -0.496 e. The molecule has 1 aliphatic heterocycles. The number of nitrogens with zero attached hydrogens (tertiary/aromatic N) is 2. The van der Waals surface area contributed by atoms with E-state index in [1.807, 2.05) is 6.92 Å². The number of amides is 3. The first-order valence-electron chi connectivity index (χ1n) is 13.6. The Morgan fingerprint density at radius 2 is 1.91 bits per heavy atom. The fourth-order valence-corrected chi connectivity index (χ4v) is 4.81. The van der Waals surface area contributed by atoms with E-state index in [4.69, 9.17) is 21.7 Å². The van der Waals surface area contributed by atoms with Gasteiger partial charge in [0.25, 0.3) is 5.69 Å². The molecule has 3 rings (SSSR count). The van der Waals surface area contributed by atoms with E-state index in [2.05, 4.69) is 10.6 Å². The Morgan fingerprint density at radius 3 is 2.51 bits per heavy atom. The molecule has 0 aliphatic carbocycles. The maximum absolute atomic E-state index is 14.0. The van der Waals surface area contributed by atoms with E-state index < -0.39 is 57.7 Å². The molecular weight excluding hydrogens is 586 g/mol. The largest absolute Gasteiger partial charge is 0.496 e. The second kappa shape index (κ2) is 13.8. The summed E-state index contributed by atoms with van der Waals surface area (Å²) in [6.07, 6.45) is 0.850. The lowest BCUT2D eigenvalue weighted by Gasteiger charge is -2.26. The highest BCUT2D eigenvalue weighted by atomic mass is 32.1. The lowest BCUT2D eigenvalue weighted by molar-refractivity contribution is -0.385. The maximum atomic E-state index is 14.0. The number of hydrogen-bond acceptors (Lipinski definition) is 8. The Kier molecular flexibility index (Phi) is 10.7. The molecule has 1 heterocycles. The third-order valence-corrected chi connectivity index (χ3v) is 6.89. The summed E-state index contributed by atoms with van der Waals surface area (Å²) >= 11 is 5.29. The molecule has 232 valence electrons. The van der Waals surface area contributed by atoms with Gasteiger partial charge in [-0.2, -0.15) is 0 Å². The van der Waals surface area contributed by atoms with E-state index in [1.54, 1.807) is 20.8 Å². The van der Waals surface area contributed by atoms with Gasteiger partial charge in [0.15, 0.2) is 11.6 Å². The third-order valence-electron chi connectivity index (χ3n) is 6.61. The van der Waals surface area contributed by atoms with Gasteiger partial charge in [0, 0.05) is 18.7 Å². The van der Waals surface area contributed by atoms with E-state index in [9.17, 15) is 33.3 Å². The summed E-state index contributed by atoms with van der Waals surface area (Å²) in [5.41, 5.74) is -1.01. The average molecular weight is 621 g/mol. The number of nitro groups is 1. The molecule has 0 aromatic heterocycles. The van der Waals surface area contributed by atoms with Crippen molar-refractivity contribution < 1.29 is 37.6 Å². The summed E-state index contributed by atoms with van der Waals surface area (Å²) in [5, 5.41) is 17.5. The monoisotopic (exact) mass is 620 g/mol. The number of hydrogen-bond donors (Lipinski definition) is 2. The summed E-state index contributed by atoms with van der Waals surface area (Å²) in [7, 11) is 1.29.